The Hall–Kier alpha value is -3.07. The highest BCUT2D eigenvalue weighted by Gasteiger charge is 2.35. The van der Waals surface area contributed by atoms with Gasteiger partial charge in [-0.2, -0.15) is 0 Å². The van der Waals surface area contributed by atoms with Crippen molar-refractivity contribution < 1.29 is 24.0 Å². The average molecular weight is 443 g/mol. The maximum absolute atomic E-state index is 12.9. The van der Waals surface area contributed by atoms with Crippen molar-refractivity contribution in [3.63, 3.8) is 0 Å². The number of anilines is 1. The van der Waals surface area contributed by atoms with Gasteiger partial charge in [0.05, 0.1) is 0 Å². The normalized spacial score (nSPS) is 23.2. The summed E-state index contributed by atoms with van der Waals surface area (Å²) in [5, 5.41) is 8.33. The molecule has 9 heteroatoms. The molecule has 1 aliphatic heterocycles. The Bertz CT molecular complexity index is 908. The fraction of sp³-hybridized carbons (Fsp3) is 0.522. The van der Waals surface area contributed by atoms with E-state index >= 15 is 0 Å². The third-order valence-corrected chi connectivity index (χ3v) is 6.36. The highest BCUT2D eigenvalue weighted by atomic mass is 16.2. The molecule has 0 radical (unpaired) electrons. The molecule has 2 aliphatic rings. The second-order valence-corrected chi connectivity index (χ2v) is 8.57. The Morgan fingerprint density at radius 3 is 2.47 bits per heavy atom. The van der Waals surface area contributed by atoms with Gasteiger partial charge in [-0.15, -0.1) is 0 Å². The number of benzene rings is 1. The van der Waals surface area contributed by atoms with Crippen molar-refractivity contribution in [1.29, 1.82) is 0 Å². The predicted molar refractivity (Wildman–Crippen MR) is 118 cm³/mol. The van der Waals surface area contributed by atoms with Crippen molar-refractivity contribution >= 4 is 35.7 Å². The smallest absolute Gasteiger partial charge is 0.261 e. The zero-order chi connectivity index (χ0) is 23.3. The van der Waals surface area contributed by atoms with Gasteiger partial charge in [-0.1, -0.05) is 0 Å². The predicted octanol–water partition coefficient (Wildman–Crippen LogP) is 1.51. The molecule has 1 aromatic carbocycles. The maximum atomic E-state index is 12.9. The van der Waals surface area contributed by atoms with Gasteiger partial charge in [0.25, 0.3) is 5.91 Å². The quantitative estimate of drug-likeness (QED) is 0.434. The van der Waals surface area contributed by atoms with Gasteiger partial charge in [0.2, 0.25) is 24.1 Å². The van der Waals surface area contributed by atoms with E-state index < -0.39 is 23.8 Å². The molecule has 1 saturated carbocycles. The van der Waals surface area contributed by atoms with Crippen molar-refractivity contribution in [3.8, 4) is 0 Å². The van der Waals surface area contributed by atoms with E-state index in [1.165, 1.54) is 6.07 Å². The zero-order valence-electron chi connectivity index (χ0n) is 18.5. The summed E-state index contributed by atoms with van der Waals surface area (Å²) in [5.41, 5.74) is 1.40. The molecule has 0 aromatic heterocycles. The Morgan fingerprint density at radius 2 is 1.88 bits per heavy atom. The Kier molecular flexibility index (Phi) is 7.74. The Labute approximate surface area is 187 Å². The van der Waals surface area contributed by atoms with Crippen LogP contribution in [0, 0.1) is 12.8 Å². The van der Waals surface area contributed by atoms with E-state index in [1.54, 1.807) is 19.1 Å². The van der Waals surface area contributed by atoms with E-state index in [2.05, 4.69) is 16.0 Å². The van der Waals surface area contributed by atoms with Gasteiger partial charge in [-0.25, -0.2) is 0 Å². The van der Waals surface area contributed by atoms with Crippen LogP contribution >= 0.6 is 0 Å². The van der Waals surface area contributed by atoms with Crippen LogP contribution in [0.5, 0.6) is 0 Å². The largest absolute Gasteiger partial charge is 0.326 e. The molecule has 9 nitrogen and oxygen atoms in total. The lowest BCUT2D eigenvalue weighted by Gasteiger charge is -2.28. The number of rotatable bonds is 7. The number of amides is 5. The second-order valence-electron chi connectivity index (χ2n) is 8.57. The van der Waals surface area contributed by atoms with Crippen molar-refractivity contribution in [2.75, 3.05) is 12.4 Å². The molecule has 3 rings (SSSR count). The van der Waals surface area contributed by atoms with Crippen molar-refractivity contribution in [1.82, 2.24) is 15.5 Å². The lowest BCUT2D eigenvalue weighted by Crippen LogP contribution is -2.53. The van der Waals surface area contributed by atoms with Crippen molar-refractivity contribution in [2.45, 2.75) is 64.0 Å². The standard InChI is InChI=1S/C23H30N4O5/c1-14-11-17(25-21(30)12-15-3-5-16(24-2)6-4-15)7-8-18(14)23(32)27(13-28)19-9-10-20(29)26-22(19)31/h7-8,11,13,15-16,19,24H,3-6,9-10,12H2,1-2H3,(H,25,30)(H,26,29,31). The molecule has 2 fully saturated rings. The Balaban J connectivity index is 1.62. The summed E-state index contributed by atoms with van der Waals surface area (Å²) in [7, 11) is 1.97. The van der Waals surface area contributed by atoms with Gasteiger partial charge >= 0.3 is 0 Å². The summed E-state index contributed by atoms with van der Waals surface area (Å²) < 4.78 is 0. The summed E-state index contributed by atoms with van der Waals surface area (Å²) in [4.78, 5) is 61.2. The summed E-state index contributed by atoms with van der Waals surface area (Å²) in [5.74, 6) is -1.39. The summed E-state index contributed by atoms with van der Waals surface area (Å²) >= 11 is 0. The number of hydrogen-bond donors (Lipinski definition) is 3. The molecule has 1 atom stereocenters. The van der Waals surface area contributed by atoms with E-state index in [-0.39, 0.29) is 24.3 Å². The first-order valence-corrected chi connectivity index (χ1v) is 11.0. The lowest BCUT2D eigenvalue weighted by molar-refractivity contribution is -0.139. The minimum absolute atomic E-state index is 0.0607. The van der Waals surface area contributed by atoms with Crippen LogP contribution in [0.25, 0.3) is 0 Å². The van der Waals surface area contributed by atoms with Crippen LogP contribution in [0.3, 0.4) is 0 Å². The molecular formula is C23H30N4O5. The second kappa shape index (κ2) is 10.5. The number of nitrogens with zero attached hydrogens (tertiary/aromatic N) is 1. The molecule has 172 valence electrons. The van der Waals surface area contributed by atoms with Crippen LogP contribution in [0.4, 0.5) is 5.69 Å². The fourth-order valence-corrected chi connectivity index (χ4v) is 4.46. The first kappa shape index (κ1) is 23.6. The van der Waals surface area contributed by atoms with Gasteiger partial charge in [0, 0.05) is 30.1 Å². The number of carbonyl (C=O) groups is 5. The zero-order valence-corrected chi connectivity index (χ0v) is 18.5. The number of hydrogen-bond acceptors (Lipinski definition) is 6. The Morgan fingerprint density at radius 1 is 1.16 bits per heavy atom. The van der Waals surface area contributed by atoms with E-state index in [9.17, 15) is 24.0 Å². The molecule has 1 saturated heterocycles. The van der Waals surface area contributed by atoms with E-state index in [0.29, 0.717) is 36.0 Å². The summed E-state index contributed by atoms with van der Waals surface area (Å²) in [6.07, 6.45) is 5.13. The monoisotopic (exact) mass is 442 g/mol. The highest BCUT2D eigenvalue weighted by Crippen LogP contribution is 2.27. The van der Waals surface area contributed by atoms with Gasteiger partial charge in [0.1, 0.15) is 6.04 Å². The topological polar surface area (TPSA) is 125 Å². The number of aryl methyl sites for hydroxylation is 1. The van der Waals surface area contributed by atoms with Crippen molar-refractivity contribution in [2.24, 2.45) is 5.92 Å². The summed E-state index contributed by atoms with van der Waals surface area (Å²) in [6, 6.07) is 4.34. The molecule has 5 amide bonds. The van der Waals surface area contributed by atoms with Gasteiger partial charge in [-0.3, -0.25) is 34.2 Å². The van der Waals surface area contributed by atoms with Crippen LogP contribution in [0.15, 0.2) is 18.2 Å². The third-order valence-electron chi connectivity index (χ3n) is 6.36. The van der Waals surface area contributed by atoms with Crippen LogP contribution < -0.4 is 16.0 Å². The molecule has 1 unspecified atom stereocenters. The van der Waals surface area contributed by atoms with E-state index in [4.69, 9.17) is 0 Å². The fourth-order valence-electron chi connectivity index (χ4n) is 4.46. The third kappa shape index (κ3) is 5.59. The molecule has 3 N–H and O–H groups in total. The molecule has 1 heterocycles. The first-order chi connectivity index (χ1) is 15.3. The SMILES string of the molecule is CNC1CCC(CC(=O)Nc2ccc(C(=O)N(C=O)C3CCC(=O)NC3=O)c(C)c2)CC1. The van der Waals surface area contributed by atoms with Gasteiger partial charge < -0.3 is 10.6 Å². The minimum atomic E-state index is -1.02. The van der Waals surface area contributed by atoms with E-state index in [0.717, 1.165) is 30.6 Å². The van der Waals surface area contributed by atoms with Gasteiger partial charge in [-0.05, 0) is 75.8 Å². The maximum Gasteiger partial charge on any atom is 0.261 e. The average Bonchev–Trinajstić information content (AvgIpc) is 2.76. The number of carbonyl (C=O) groups excluding carboxylic acids is 5. The van der Waals surface area contributed by atoms with E-state index in [1.807, 2.05) is 7.05 Å². The van der Waals surface area contributed by atoms with Crippen LogP contribution in [-0.4, -0.2) is 54.1 Å². The minimum Gasteiger partial charge on any atom is -0.326 e. The van der Waals surface area contributed by atoms with Crippen LogP contribution in [0.2, 0.25) is 0 Å². The number of imide groups is 2. The molecule has 0 bridgehead atoms. The van der Waals surface area contributed by atoms with Crippen molar-refractivity contribution in [3.05, 3.63) is 29.3 Å². The first-order valence-electron chi connectivity index (χ1n) is 11.0. The molecule has 32 heavy (non-hydrogen) atoms. The highest BCUT2D eigenvalue weighted by molar-refractivity contribution is 6.07. The molecule has 0 spiro atoms. The molecule has 1 aromatic rings. The van der Waals surface area contributed by atoms with Gasteiger partial charge in [0.15, 0.2) is 0 Å². The van der Waals surface area contributed by atoms with Crippen LogP contribution in [0.1, 0.15) is 60.9 Å². The number of nitrogens with one attached hydrogen (secondary N) is 3. The molecule has 1 aliphatic carbocycles. The lowest BCUT2D eigenvalue weighted by atomic mass is 9.84. The van der Waals surface area contributed by atoms with Crippen LogP contribution in [-0.2, 0) is 19.2 Å². The molecular weight excluding hydrogens is 412 g/mol. The summed E-state index contributed by atoms with van der Waals surface area (Å²) in [6.45, 7) is 1.70. The number of piperidine rings is 1.